The molecule has 4 rings (SSSR count). The molecular weight excluding hydrogens is 724 g/mol. The number of benzene rings is 1. The zero-order valence-electron chi connectivity index (χ0n) is 32.0. The number of unbranched alkanes of at least 4 members (excludes halogenated alkanes) is 1. The summed E-state index contributed by atoms with van der Waals surface area (Å²) < 4.78 is 29.1. The predicted molar refractivity (Wildman–Crippen MR) is 199 cm³/mol. The van der Waals surface area contributed by atoms with E-state index in [1.165, 1.54) is 38.0 Å². The minimum absolute atomic E-state index is 0.0650. The molecular formula is C37H51ClN6O10. The largest absolute Gasteiger partial charge is 0.495 e. The Morgan fingerprint density at radius 1 is 1.28 bits per heavy atom. The predicted octanol–water partition coefficient (Wildman–Crippen LogP) is 5.00. The molecule has 0 spiro atoms. The van der Waals surface area contributed by atoms with E-state index in [0.717, 1.165) is 11.1 Å². The molecule has 16 nitrogen and oxygen atoms in total. The molecule has 17 heteroatoms. The topological polar surface area (TPSA) is 205 Å². The smallest absolute Gasteiger partial charge is 0.409 e. The van der Waals surface area contributed by atoms with Gasteiger partial charge in [-0.2, -0.15) is 0 Å². The molecule has 0 saturated carbocycles. The van der Waals surface area contributed by atoms with E-state index in [2.05, 4.69) is 15.3 Å². The minimum Gasteiger partial charge on any atom is -0.495 e. The highest BCUT2D eigenvalue weighted by molar-refractivity contribution is 6.35. The first kappa shape index (κ1) is 42.4. The van der Waals surface area contributed by atoms with E-state index in [0.29, 0.717) is 30.7 Å². The van der Waals surface area contributed by atoms with Crippen LogP contribution in [0.1, 0.15) is 65.4 Å². The van der Waals surface area contributed by atoms with Crippen molar-refractivity contribution in [3.63, 3.8) is 0 Å². The molecule has 1 aromatic carbocycles. The van der Waals surface area contributed by atoms with Crippen molar-refractivity contribution in [1.82, 2.24) is 10.2 Å². The number of amides is 3. The molecule has 0 aromatic heterocycles. The fourth-order valence-electron chi connectivity index (χ4n) is 6.90. The SMILES string of the molecule is COc1cc2cc(c1Cl)N(C)C(=O)C[C@H](OC(=O)[C@H](C)N(C)C(=O)CCCCN=[N+]=[N-])C1(C)O[C@H]1[C@H](C)[C@@H]1C[C@@](O)(NC(=O)O1)C(OC)/C=C/C=C(\C)C2. The van der Waals surface area contributed by atoms with Gasteiger partial charge in [-0.15, -0.1) is 0 Å². The third-order valence-corrected chi connectivity index (χ3v) is 10.9. The van der Waals surface area contributed by atoms with E-state index in [1.54, 1.807) is 45.2 Å². The molecule has 8 atom stereocenters. The van der Waals surface area contributed by atoms with Crippen LogP contribution in [0.3, 0.4) is 0 Å². The number of azide groups is 1. The second kappa shape index (κ2) is 17.9. The number of carbonyl (C=O) groups is 4. The maximum absolute atomic E-state index is 14.1. The average molecular weight is 775 g/mol. The van der Waals surface area contributed by atoms with Gasteiger partial charge in [0.05, 0.1) is 25.3 Å². The first-order chi connectivity index (χ1) is 25.5. The van der Waals surface area contributed by atoms with Gasteiger partial charge in [-0.25, -0.2) is 9.59 Å². The first-order valence-electron chi connectivity index (χ1n) is 17.8. The van der Waals surface area contributed by atoms with E-state index >= 15 is 0 Å². The molecule has 3 amide bonds. The number of carbonyl (C=O) groups excluding carboxylic acids is 4. The second-order valence-corrected chi connectivity index (χ2v) is 14.7. The van der Waals surface area contributed by atoms with E-state index in [4.69, 9.17) is 40.8 Å². The Kier molecular flexibility index (Phi) is 14.0. The molecule has 3 aliphatic rings. The number of allylic oxidation sites excluding steroid dienone is 3. The number of methoxy groups -OCH3 is 2. The normalized spacial score (nSPS) is 30.6. The van der Waals surface area contributed by atoms with Gasteiger partial charge in [-0.3, -0.25) is 14.9 Å². The molecule has 1 aromatic rings. The Morgan fingerprint density at radius 3 is 2.67 bits per heavy atom. The number of likely N-dealkylation sites (N-methyl/N-ethyl adjacent to an activating group) is 1. The highest BCUT2D eigenvalue weighted by atomic mass is 35.5. The van der Waals surface area contributed by atoms with Gasteiger partial charge in [0.15, 0.2) is 5.72 Å². The number of nitrogens with zero attached hydrogens (tertiary/aromatic N) is 5. The van der Waals surface area contributed by atoms with Gasteiger partial charge in [0.25, 0.3) is 0 Å². The van der Waals surface area contributed by atoms with Gasteiger partial charge in [0, 0.05) is 51.4 Å². The molecule has 4 bridgehead atoms. The van der Waals surface area contributed by atoms with Crippen LogP contribution in [0.5, 0.6) is 5.75 Å². The molecule has 0 radical (unpaired) electrons. The summed E-state index contributed by atoms with van der Waals surface area (Å²) in [6.07, 6.45) is 1.87. The van der Waals surface area contributed by atoms with E-state index in [9.17, 15) is 24.3 Å². The number of aliphatic hydroxyl groups is 1. The molecule has 3 aliphatic heterocycles. The summed E-state index contributed by atoms with van der Waals surface area (Å²) in [6, 6.07) is 2.54. The number of rotatable bonds is 10. The third kappa shape index (κ3) is 9.66. The number of halogens is 1. The highest BCUT2D eigenvalue weighted by Crippen LogP contribution is 2.49. The summed E-state index contributed by atoms with van der Waals surface area (Å²) in [5, 5.41) is 17.9. The Hall–Kier alpha value is -4.34. The van der Waals surface area contributed by atoms with Crippen LogP contribution in [0.25, 0.3) is 10.4 Å². The summed E-state index contributed by atoms with van der Waals surface area (Å²) in [4.78, 5) is 59.0. The van der Waals surface area contributed by atoms with Crippen LogP contribution in [0.2, 0.25) is 5.02 Å². The van der Waals surface area contributed by atoms with E-state index in [1.807, 2.05) is 13.0 Å². The molecule has 296 valence electrons. The van der Waals surface area contributed by atoms with Crippen LogP contribution in [-0.4, -0.2) is 111 Å². The quantitative estimate of drug-likeness (QED) is 0.0813. The van der Waals surface area contributed by atoms with Crippen molar-refractivity contribution in [2.45, 2.75) is 108 Å². The lowest BCUT2D eigenvalue weighted by Gasteiger charge is -2.42. The number of fused-ring (bicyclic) bond motifs is 5. The van der Waals surface area contributed by atoms with Gasteiger partial charge >= 0.3 is 12.1 Å². The number of anilines is 1. The van der Waals surface area contributed by atoms with Crippen molar-refractivity contribution >= 4 is 41.2 Å². The Labute approximate surface area is 320 Å². The summed E-state index contributed by atoms with van der Waals surface area (Å²) in [7, 11) is 5.95. The lowest BCUT2D eigenvalue weighted by molar-refractivity contribution is -0.162. The summed E-state index contributed by atoms with van der Waals surface area (Å²) in [5.74, 6) is -1.71. The number of hydrogen-bond acceptors (Lipinski definition) is 11. The Morgan fingerprint density at radius 2 is 2.00 bits per heavy atom. The molecule has 2 N–H and O–H groups in total. The number of epoxide rings is 1. The van der Waals surface area contributed by atoms with Crippen molar-refractivity contribution in [1.29, 1.82) is 0 Å². The molecule has 0 aliphatic carbocycles. The van der Waals surface area contributed by atoms with Crippen molar-refractivity contribution in [2.75, 3.05) is 39.8 Å². The molecule has 54 heavy (non-hydrogen) atoms. The number of nitrogens with one attached hydrogen (secondary N) is 1. The lowest BCUT2D eigenvalue weighted by Crippen LogP contribution is -2.63. The zero-order chi connectivity index (χ0) is 40.0. The fraction of sp³-hybridized carbons (Fsp3) is 0.622. The Balaban J connectivity index is 1.71. The summed E-state index contributed by atoms with van der Waals surface area (Å²) in [5.41, 5.74) is 7.49. The minimum atomic E-state index is -1.84. The number of esters is 1. The van der Waals surface area contributed by atoms with Crippen LogP contribution >= 0.6 is 11.6 Å². The third-order valence-electron chi connectivity index (χ3n) is 10.5. The van der Waals surface area contributed by atoms with Crippen LogP contribution in [-0.2, 0) is 39.8 Å². The van der Waals surface area contributed by atoms with Gasteiger partial charge in [0.2, 0.25) is 11.8 Å². The molecule has 2 saturated heterocycles. The lowest BCUT2D eigenvalue weighted by atomic mass is 9.83. The van der Waals surface area contributed by atoms with Crippen LogP contribution in [0.4, 0.5) is 10.5 Å². The summed E-state index contributed by atoms with van der Waals surface area (Å²) in [6.45, 7) is 7.18. The highest BCUT2D eigenvalue weighted by Gasteiger charge is 2.64. The van der Waals surface area contributed by atoms with Gasteiger partial charge < -0.3 is 38.6 Å². The van der Waals surface area contributed by atoms with Crippen molar-refractivity contribution < 1.29 is 48.0 Å². The van der Waals surface area contributed by atoms with Gasteiger partial charge in [0.1, 0.15) is 40.7 Å². The van der Waals surface area contributed by atoms with Crippen molar-refractivity contribution in [3.8, 4) is 5.75 Å². The van der Waals surface area contributed by atoms with Crippen LogP contribution in [0.15, 0.2) is 41.0 Å². The molecule has 2 fully saturated rings. The van der Waals surface area contributed by atoms with E-state index < -0.39 is 65.7 Å². The Bertz CT molecular complexity index is 1700. The van der Waals surface area contributed by atoms with Crippen LogP contribution in [0, 0.1) is 5.92 Å². The molecule has 3 heterocycles. The maximum atomic E-state index is 14.1. The van der Waals surface area contributed by atoms with Gasteiger partial charge in [-0.05, 0) is 63.3 Å². The van der Waals surface area contributed by atoms with Crippen molar-refractivity contribution in [2.24, 2.45) is 11.0 Å². The number of alkyl carbamates (subject to hydrolysis) is 1. The second-order valence-electron chi connectivity index (χ2n) is 14.3. The summed E-state index contributed by atoms with van der Waals surface area (Å²) >= 11 is 6.75. The molecule has 2 unspecified atom stereocenters. The first-order valence-corrected chi connectivity index (χ1v) is 18.2. The number of ether oxygens (including phenoxy) is 5. The van der Waals surface area contributed by atoms with Gasteiger partial charge in [-0.1, -0.05) is 47.4 Å². The zero-order valence-corrected chi connectivity index (χ0v) is 32.8. The monoisotopic (exact) mass is 774 g/mol. The van der Waals surface area contributed by atoms with Crippen LogP contribution < -0.4 is 15.0 Å². The fourth-order valence-corrected chi connectivity index (χ4v) is 7.21. The van der Waals surface area contributed by atoms with E-state index in [-0.39, 0.29) is 36.7 Å². The average Bonchev–Trinajstić information content (AvgIpc) is 3.83. The van der Waals surface area contributed by atoms with Crippen molar-refractivity contribution in [3.05, 3.63) is 57.0 Å². The maximum Gasteiger partial charge on any atom is 0.409 e. The standard InChI is InChI=1S/C37H51ClN6O10/c1-21-12-11-13-28(51-8)37(49)20-27(52-35(48)41-37)22(2)33-36(4,54-33)29(53-34(47)23(3)43(5)30(45)14-9-10-15-40-42-39)19-31(46)44(6)25-17-24(16-21)18-26(50-7)32(25)38/h11-13,17-18,22-23,27-29,33,49H,9-10,14-16,19-20H2,1-8H3,(H,41,48)/b13-11+,21-12+/t22-,23+,27+,28?,29+,33+,36?,37+/m1/s1. The number of hydrogen-bond donors (Lipinski definition) is 2.